The summed E-state index contributed by atoms with van der Waals surface area (Å²) in [5, 5.41) is 21.6. The number of pyridine rings is 6. The molecule has 9 atom stereocenters. The molecular formula is C90H99FN14O12. The largest absolute Gasteiger partial charge is 0.497 e. The predicted octanol–water partition coefficient (Wildman–Crippen LogP) is 16.1. The summed E-state index contributed by atoms with van der Waals surface area (Å²) in [6.45, 7) is 9.51. The molecule has 2 aromatic carbocycles. The van der Waals surface area contributed by atoms with Crippen molar-refractivity contribution in [2.75, 3.05) is 28.4 Å². The SMILES string of the molecule is CC(F)c1ccc(-c2cc3nn(C)cc3c(O[C@H](C)[C@H]3CCC(=O)C3)n2)cn1.COc1cc(-c2cc3nn(C)cc3c(O[C@H](C)[C@H]3CCC(=O)C3)n2)cc(OC)c1OC.COc1ccc2c(c1)C(c1cc3nn(C)cc3c(O[C@H](C)[C@H]3CCC(=O)C3)n1)=CC2.C[C@@H](Oc1nc(-c2ccc(C3CC3)nc2)cc2nn(C)cc12)[C@H]1CCC(=O)C1. The molecule has 0 spiro atoms. The molecule has 26 nitrogen and oxygen atoms in total. The van der Waals surface area contributed by atoms with Gasteiger partial charge in [0.25, 0.3) is 0 Å². The standard InChI is InChI=1S/C24H25N3O3.C23H27N3O5.C22H24N4O2.C21H23FN4O2/c1-14(16-4-7-17(28)10-16)30-24-21-13-27(2)26-23(21)12-22(25-24)19-9-6-15-5-8-18(29-3)11-20(15)19;1-13(14-6-7-16(27)8-14)31-23-17-12-26(2)25-19(17)11-18(24-23)15-9-20(28-3)22(30-5)21(10-15)29-4;1-13(15-5-7-17(27)9-15)28-22-18-12-26(2)25-21(18)10-20(24-22)16-6-8-19(23-11-16)14-3-4-14;1-12(22)18-7-5-15(10-23-18)19-9-20-17(11-26(3)25-20)21(24-19)28-13(2)14-4-6-16(27)8-14/h5,8-9,11-14,16H,4,6-7,10H2,1-3H3;9-14H,6-8H2,1-5H3;6,8,10-15H,3-5,7,9H2,1-2H3;5,7,9-14H,4,6,8H2,1-3H3/t14-,16+;13-,14+;13-,15+;12?,13-,14+/m1111/s1. The number of methoxy groups -OCH3 is 4. The monoisotopic (exact) mass is 1590 g/mol. The number of ether oxygens (including phenoxy) is 8. The number of benzene rings is 2. The number of aryl methyl sites for hydroxylation is 4. The molecule has 6 aliphatic rings. The molecule has 18 rings (SSSR count). The van der Waals surface area contributed by atoms with E-state index >= 15 is 0 Å². The van der Waals surface area contributed by atoms with Gasteiger partial charge in [0.2, 0.25) is 29.3 Å². The third kappa shape index (κ3) is 18.0. The maximum Gasteiger partial charge on any atom is 0.225 e. The van der Waals surface area contributed by atoms with Gasteiger partial charge in [-0.3, -0.25) is 47.9 Å². The van der Waals surface area contributed by atoms with Gasteiger partial charge in [-0.2, -0.15) is 20.4 Å². The minimum atomic E-state index is -1.12. The number of hydrogen-bond donors (Lipinski definition) is 0. The molecule has 0 amide bonds. The van der Waals surface area contributed by atoms with E-state index < -0.39 is 6.17 Å². The van der Waals surface area contributed by atoms with Crippen molar-refractivity contribution in [2.24, 2.45) is 51.9 Å². The minimum absolute atomic E-state index is 0.0621. The first-order chi connectivity index (χ1) is 56.4. The van der Waals surface area contributed by atoms with E-state index in [9.17, 15) is 23.6 Å². The lowest BCUT2D eigenvalue weighted by atomic mass is 10.0. The van der Waals surface area contributed by atoms with Gasteiger partial charge in [-0.1, -0.05) is 12.1 Å². The second kappa shape index (κ2) is 34.4. The number of alkyl halides is 1. The van der Waals surface area contributed by atoms with E-state index in [0.29, 0.717) is 138 Å². The van der Waals surface area contributed by atoms with Crippen molar-refractivity contribution in [3.8, 4) is 80.3 Å². The summed E-state index contributed by atoms with van der Waals surface area (Å²) in [6, 6.07) is 25.3. The molecule has 10 heterocycles. The number of Topliss-reactive ketones (excluding diaryl/α,β-unsaturated/α-hetero) is 4. The Balaban J connectivity index is 0.000000122. The number of nitrogens with zero attached hydrogens (tertiary/aromatic N) is 14. The zero-order valence-electron chi connectivity index (χ0n) is 68.5. The molecule has 1 unspecified atom stereocenters. The molecule has 0 saturated heterocycles. The second-order valence-electron chi connectivity index (χ2n) is 31.7. The summed E-state index contributed by atoms with van der Waals surface area (Å²) in [6.07, 6.45) is 23.5. The van der Waals surface area contributed by atoms with Crippen molar-refractivity contribution in [3.05, 3.63) is 150 Å². The summed E-state index contributed by atoms with van der Waals surface area (Å²) < 4.78 is 67.4. The van der Waals surface area contributed by atoms with Crippen molar-refractivity contribution in [1.82, 2.24) is 69.0 Å². The number of ketones is 4. The first-order valence-electron chi connectivity index (χ1n) is 40.3. The number of fused-ring (bicyclic) bond motifs is 5. The number of hydrogen-bond acceptors (Lipinski definition) is 22. The molecule has 6 aliphatic carbocycles. The van der Waals surface area contributed by atoms with Gasteiger partial charge >= 0.3 is 0 Å². The first-order valence-corrected chi connectivity index (χ1v) is 40.3. The topological polar surface area (TPSA) is 291 Å². The fourth-order valence-corrected chi connectivity index (χ4v) is 16.3. The van der Waals surface area contributed by atoms with Crippen LogP contribution in [0.15, 0.2) is 122 Å². The number of rotatable bonds is 22. The first kappa shape index (κ1) is 80.2. The third-order valence-corrected chi connectivity index (χ3v) is 23.3. The van der Waals surface area contributed by atoms with E-state index in [-0.39, 0.29) is 48.1 Å². The molecule has 10 aromatic heterocycles. The van der Waals surface area contributed by atoms with E-state index in [1.807, 2.05) is 129 Å². The maximum absolute atomic E-state index is 13.4. The second-order valence-corrected chi connectivity index (χ2v) is 31.7. The lowest BCUT2D eigenvalue weighted by molar-refractivity contribution is -0.118. The highest BCUT2D eigenvalue weighted by atomic mass is 19.1. The fourth-order valence-electron chi connectivity index (χ4n) is 16.3. The lowest BCUT2D eigenvalue weighted by Crippen LogP contribution is -2.22. The average Bonchev–Trinajstić information content (AvgIpc) is 1.63. The van der Waals surface area contributed by atoms with E-state index in [2.05, 4.69) is 60.7 Å². The molecule has 117 heavy (non-hydrogen) atoms. The predicted molar refractivity (Wildman–Crippen MR) is 441 cm³/mol. The quantitative estimate of drug-likeness (QED) is 0.0609. The smallest absolute Gasteiger partial charge is 0.225 e. The van der Waals surface area contributed by atoms with Gasteiger partial charge < -0.3 is 37.9 Å². The number of allylic oxidation sites excluding steroid dienone is 1. The Kier molecular flexibility index (Phi) is 23.6. The molecule has 0 bridgehead atoms. The van der Waals surface area contributed by atoms with Gasteiger partial charge in [-0.05, 0) is 163 Å². The zero-order valence-corrected chi connectivity index (χ0v) is 68.5. The van der Waals surface area contributed by atoms with Crippen LogP contribution in [0, 0.1) is 23.7 Å². The highest BCUT2D eigenvalue weighted by Gasteiger charge is 2.35. The Morgan fingerprint density at radius 3 is 1.14 bits per heavy atom. The van der Waals surface area contributed by atoms with Crippen LogP contribution in [-0.2, 0) is 53.8 Å². The fraction of sp³-hybridized carbons (Fsp3) is 0.422. The normalized spacial score (nSPS) is 18.9. The van der Waals surface area contributed by atoms with Gasteiger partial charge in [0.15, 0.2) is 11.5 Å². The van der Waals surface area contributed by atoms with Crippen molar-refractivity contribution >= 4 is 72.3 Å². The highest BCUT2D eigenvalue weighted by molar-refractivity contribution is 5.93. The summed E-state index contributed by atoms with van der Waals surface area (Å²) in [4.78, 5) is 74.7. The maximum atomic E-state index is 13.4. The van der Waals surface area contributed by atoms with Gasteiger partial charge in [0.05, 0.1) is 101 Å². The van der Waals surface area contributed by atoms with Crippen LogP contribution in [0.4, 0.5) is 4.39 Å². The summed E-state index contributed by atoms with van der Waals surface area (Å²) in [5.41, 5.74) is 13.8. The molecule has 12 aromatic rings. The number of carbonyl (C=O) groups excluding carboxylic acids is 4. The Bertz CT molecular complexity index is 5570. The van der Waals surface area contributed by atoms with Crippen LogP contribution in [-0.4, -0.2) is 145 Å². The van der Waals surface area contributed by atoms with E-state index in [0.717, 1.165) is 121 Å². The summed E-state index contributed by atoms with van der Waals surface area (Å²) in [7, 11) is 13.9. The molecule has 27 heteroatoms. The average molecular weight is 1590 g/mol. The molecular weight excluding hydrogens is 1490 g/mol. The van der Waals surface area contributed by atoms with Crippen molar-refractivity contribution in [1.29, 1.82) is 0 Å². The van der Waals surface area contributed by atoms with Gasteiger partial charge in [0, 0.05) is 174 Å². The van der Waals surface area contributed by atoms with Crippen LogP contribution in [0.3, 0.4) is 0 Å². The van der Waals surface area contributed by atoms with E-state index in [4.69, 9.17) is 57.8 Å². The van der Waals surface area contributed by atoms with Crippen molar-refractivity contribution in [3.63, 3.8) is 0 Å². The minimum Gasteiger partial charge on any atom is -0.497 e. The van der Waals surface area contributed by atoms with Crippen molar-refractivity contribution in [2.45, 2.75) is 167 Å². The van der Waals surface area contributed by atoms with Gasteiger partial charge in [0.1, 0.15) is 59.5 Å². The van der Waals surface area contributed by atoms with Crippen LogP contribution in [0.25, 0.3) is 83.0 Å². The molecule has 0 radical (unpaired) electrons. The lowest BCUT2D eigenvalue weighted by Gasteiger charge is -2.20. The zero-order chi connectivity index (χ0) is 82.0. The Hall–Kier alpha value is -12.0. The Morgan fingerprint density at radius 2 is 0.803 bits per heavy atom. The number of aromatic nitrogens is 14. The van der Waals surface area contributed by atoms with E-state index in [1.165, 1.54) is 31.0 Å². The summed E-state index contributed by atoms with van der Waals surface area (Å²) in [5.74, 6) is 7.37. The van der Waals surface area contributed by atoms with Crippen LogP contribution in [0.2, 0.25) is 0 Å². The van der Waals surface area contributed by atoms with Gasteiger partial charge in [-0.15, -0.1) is 0 Å². The number of carbonyl (C=O) groups is 4. The Morgan fingerprint density at radius 1 is 0.419 bits per heavy atom. The van der Waals surface area contributed by atoms with Crippen LogP contribution >= 0.6 is 0 Å². The molecule has 0 aliphatic heterocycles. The van der Waals surface area contributed by atoms with Gasteiger partial charge in [-0.25, -0.2) is 24.3 Å². The van der Waals surface area contributed by atoms with Crippen LogP contribution < -0.4 is 37.9 Å². The summed E-state index contributed by atoms with van der Waals surface area (Å²) >= 11 is 0. The molecule has 0 N–H and O–H groups in total. The molecule has 608 valence electrons. The van der Waals surface area contributed by atoms with Crippen LogP contribution in [0.5, 0.6) is 46.5 Å². The number of halogens is 1. The third-order valence-electron chi connectivity index (χ3n) is 23.3. The van der Waals surface area contributed by atoms with E-state index in [1.54, 1.807) is 65.5 Å². The molecule has 5 saturated carbocycles. The highest BCUT2D eigenvalue weighted by Crippen LogP contribution is 2.45. The van der Waals surface area contributed by atoms with Crippen molar-refractivity contribution < 1.29 is 61.5 Å². The molecule has 5 fully saturated rings. The Labute approximate surface area is 677 Å². The van der Waals surface area contributed by atoms with Crippen LogP contribution in [0.1, 0.15) is 165 Å².